The van der Waals surface area contributed by atoms with Crippen LogP contribution in [0.3, 0.4) is 0 Å². The van der Waals surface area contributed by atoms with Crippen LogP contribution in [0.15, 0.2) is 102 Å². The predicted molar refractivity (Wildman–Crippen MR) is 174 cm³/mol. The highest BCUT2D eigenvalue weighted by atomic mass is 19.4. The minimum atomic E-state index is -4.89. The standard InChI is InChI=1S/C36H36F3N3O6/c37-36(38,39)48-32-10-5-4-7-26(32)22-42(35(46)25-13-11-24(12-14-25)23-47-27-8-2-1-3-9-27)20-6-19-40-21-31(44)28-15-17-30(43)34-29(28)16-18-33(45)41-34/h2,4-5,7-18,31,40,43-44H,1,3,6,19-23H2,(H,41,45)/t31-/m0/s1. The Labute approximate surface area is 274 Å². The summed E-state index contributed by atoms with van der Waals surface area (Å²) in [5.74, 6) is -0.0749. The number of H-pyrrole nitrogens is 1. The summed E-state index contributed by atoms with van der Waals surface area (Å²) in [6, 6.07) is 18.4. The van der Waals surface area contributed by atoms with E-state index in [4.69, 9.17) is 4.74 Å². The highest BCUT2D eigenvalue weighted by Crippen LogP contribution is 2.29. The van der Waals surface area contributed by atoms with Crippen LogP contribution < -0.4 is 15.6 Å². The third-order valence-corrected chi connectivity index (χ3v) is 7.80. The van der Waals surface area contributed by atoms with Crippen molar-refractivity contribution in [3.05, 3.63) is 129 Å². The van der Waals surface area contributed by atoms with Crippen molar-refractivity contribution in [1.29, 1.82) is 0 Å². The number of amides is 1. The lowest BCUT2D eigenvalue weighted by atomic mass is 10.0. The molecule has 0 radical (unpaired) electrons. The molecule has 1 amide bonds. The summed E-state index contributed by atoms with van der Waals surface area (Å²) in [5, 5.41) is 24.6. The highest BCUT2D eigenvalue weighted by molar-refractivity contribution is 5.94. The average molecular weight is 664 g/mol. The van der Waals surface area contributed by atoms with Crippen LogP contribution in [0.25, 0.3) is 10.9 Å². The van der Waals surface area contributed by atoms with E-state index in [2.05, 4.69) is 15.0 Å². The maximum absolute atomic E-state index is 13.7. The second-order valence-corrected chi connectivity index (χ2v) is 11.3. The van der Waals surface area contributed by atoms with Crippen LogP contribution in [0.2, 0.25) is 0 Å². The van der Waals surface area contributed by atoms with Gasteiger partial charge in [-0.15, -0.1) is 13.2 Å². The number of hydrogen-bond acceptors (Lipinski definition) is 7. The zero-order chi connectivity index (χ0) is 34.1. The SMILES string of the molecule is O=C(c1ccc(COC2=CCCC=C2)cc1)N(CCCNC[C@H](O)c1ccc(O)c2[nH]c(=O)ccc12)Cc1ccccc1OC(F)(F)F. The van der Waals surface area contributed by atoms with Crippen LogP contribution in [-0.4, -0.2) is 52.0 Å². The number of hydrogen-bond donors (Lipinski definition) is 4. The van der Waals surface area contributed by atoms with Gasteiger partial charge in [-0.3, -0.25) is 9.59 Å². The Morgan fingerprint density at radius 1 is 1.02 bits per heavy atom. The molecule has 252 valence electrons. The Morgan fingerprint density at radius 2 is 1.81 bits per heavy atom. The van der Waals surface area contributed by atoms with Gasteiger partial charge in [0.1, 0.15) is 23.9 Å². The minimum Gasteiger partial charge on any atom is -0.506 e. The molecule has 12 heteroatoms. The van der Waals surface area contributed by atoms with E-state index < -0.39 is 12.5 Å². The number of ether oxygens (including phenoxy) is 2. The lowest BCUT2D eigenvalue weighted by Crippen LogP contribution is -2.34. The molecule has 9 nitrogen and oxygen atoms in total. The van der Waals surface area contributed by atoms with Gasteiger partial charge in [0.15, 0.2) is 0 Å². The van der Waals surface area contributed by atoms with Crippen molar-refractivity contribution in [2.24, 2.45) is 0 Å². The molecule has 1 aliphatic rings. The third-order valence-electron chi connectivity index (χ3n) is 7.80. The average Bonchev–Trinajstić information content (AvgIpc) is 3.07. The molecule has 0 aliphatic heterocycles. The Balaban J connectivity index is 1.24. The molecule has 5 rings (SSSR count). The summed E-state index contributed by atoms with van der Waals surface area (Å²) in [7, 11) is 0. The van der Waals surface area contributed by atoms with E-state index in [1.807, 2.05) is 18.2 Å². The number of aromatic hydroxyl groups is 1. The molecule has 0 unspecified atom stereocenters. The fraction of sp³-hybridized carbons (Fsp3) is 0.278. The van der Waals surface area contributed by atoms with Crippen molar-refractivity contribution in [2.45, 2.75) is 44.9 Å². The molecule has 0 spiro atoms. The molecular weight excluding hydrogens is 627 g/mol. The molecule has 1 heterocycles. The molecule has 48 heavy (non-hydrogen) atoms. The minimum absolute atomic E-state index is 0.115. The first-order valence-corrected chi connectivity index (χ1v) is 15.5. The normalized spacial score (nSPS) is 13.6. The second-order valence-electron chi connectivity index (χ2n) is 11.3. The van der Waals surface area contributed by atoms with Crippen LogP contribution in [-0.2, 0) is 17.9 Å². The van der Waals surface area contributed by atoms with E-state index >= 15 is 0 Å². The summed E-state index contributed by atoms with van der Waals surface area (Å²) in [6.45, 7) is 0.889. The van der Waals surface area contributed by atoms with Crippen LogP contribution in [0.4, 0.5) is 13.2 Å². The maximum atomic E-state index is 13.7. The van der Waals surface area contributed by atoms with Gasteiger partial charge in [0, 0.05) is 42.2 Å². The van der Waals surface area contributed by atoms with Crippen molar-refractivity contribution in [3.8, 4) is 11.5 Å². The zero-order valence-corrected chi connectivity index (χ0v) is 26.0. The molecule has 4 N–H and O–H groups in total. The summed E-state index contributed by atoms with van der Waals surface area (Å²) in [5.41, 5.74) is 1.77. The molecule has 0 fully saturated rings. The molecular formula is C36H36F3N3O6. The Kier molecular flexibility index (Phi) is 11.2. The molecule has 1 aromatic heterocycles. The molecule has 1 aliphatic carbocycles. The van der Waals surface area contributed by atoms with Crippen molar-refractivity contribution in [1.82, 2.24) is 15.2 Å². The zero-order valence-electron chi connectivity index (χ0n) is 26.0. The Bertz CT molecular complexity index is 1840. The second kappa shape index (κ2) is 15.7. The monoisotopic (exact) mass is 663 g/mol. The molecule has 0 saturated heterocycles. The van der Waals surface area contributed by atoms with Gasteiger partial charge in [-0.25, -0.2) is 0 Å². The van der Waals surface area contributed by atoms with E-state index in [9.17, 15) is 33.0 Å². The third kappa shape index (κ3) is 9.26. The fourth-order valence-electron chi connectivity index (χ4n) is 5.40. The summed E-state index contributed by atoms with van der Waals surface area (Å²) >= 11 is 0. The molecule has 3 aromatic carbocycles. The van der Waals surface area contributed by atoms with E-state index in [-0.39, 0.29) is 53.7 Å². The van der Waals surface area contributed by atoms with E-state index in [1.54, 1.807) is 36.4 Å². The van der Waals surface area contributed by atoms with Crippen LogP contribution in [0.5, 0.6) is 11.5 Å². The van der Waals surface area contributed by atoms with Crippen LogP contribution in [0, 0.1) is 0 Å². The van der Waals surface area contributed by atoms with Gasteiger partial charge < -0.3 is 34.9 Å². The number of rotatable bonds is 14. The number of allylic oxidation sites excluding steroid dienone is 3. The maximum Gasteiger partial charge on any atom is 0.573 e. The van der Waals surface area contributed by atoms with Crippen LogP contribution >= 0.6 is 0 Å². The number of phenols is 1. The number of alkyl halides is 3. The number of para-hydroxylation sites is 1. The topological polar surface area (TPSA) is 124 Å². The number of aliphatic hydroxyl groups excluding tert-OH is 1. The van der Waals surface area contributed by atoms with Crippen molar-refractivity contribution >= 4 is 16.8 Å². The number of aromatic nitrogens is 1. The van der Waals surface area contributed by atoms with E-state index in [0.717, 1.165) is 24.2 Å². The number of aromatic amines is 1. The summed E-state index contributed by atoms with van der Waals surface area (Å²) < 4.78 is 49.4. The van der Waals surface area contributed by atoms with Gasteiger partial charge in [-0.2, -0.15) is 0 Å². The summed E-state index contributed by atoms with van der Waals surface area (Å²) in [6.07, 6.45) is 2.43. The van der Waals surface area contributed by atoms with Gasteiger partial charge in [0.2, 0.25) is 5.56 Å². The van der Waals surface area contributed by atoms with Crippen molar-refractivity contribution in [2.75, 3.05) is 19.6 Å². The number of benzene rings is 3. The first-order valence-electron chi connectivity index (χ1n) is 15.5. The smallest absolute Gasteiger partial charge is 0.506 e. The predicted octanol–water partition coefficient (Wildman–Crippen LogP) is 6.24. The van der Waals surface area contributed by atoms with Crippen LogP contribution in [0.1, 0.15) is 52.4 Å². The number of nitrogens with one attached hydrogen (secondary N) is 2. The van der Waals surface area contributed by atoms with E-state index in [1.165, 1.54) is 41.3 Å². The Hall–Kier alpha value is -5.07. The van der Waals surface area contributed by atoms with Crippen molar-refractivity contribution in [3.63, 3.8) is 0 Å². The first kappa shape index (κ1) is 34.3. The number of pyridine rings is 1. The number of carbonyl (C=O) groups is 1. The molecule has 0 bridgehead atoms. The van der Waals surface area contributed by atoms with E-state index in [0.29, 0.717) is 36.1 Å². The van der Waals surface area contributed by atoms with Gasteiger partial charge in [0.05, 0.1) is 11.6 Å². The summed E-state index contributed by atoms with van der Waals surface area (Å²) in [4.78, 5) is 29.4. The van der Waals surface area contributed by atoms with Gasteiger partial charge in [-0.1, -0.05) is 42.5 Å². The van der Waals surface area contributed by atoms with Gasteiger partial charge in [0.25, 0.3) is 5.91 Å². The lowest BCUT2D eigenvalue weighted by Gasteiger charge is -2.25. The molecule has 4 aromatic rings. The lowest BCUT2D eigenvalue weighted by molar-refractivity contribution is -0.275. The fourth-order valence-corrected chi connectivity index (χ4v) is 5.40. The highest BCUT2D eigenvalue weighted by Gasteiger charge is 2.32. The van der Waals surface area contributed by atoms with Crippen molar-refractivity contribution < 1.29 is 37.7 Å². The number of phenolic OH excluding ortho intramolecular Hbond substituents is 1. The number of halogens is 3. The number of aliphatic hydroxyl groups is 1. The number of fused-ring (bicyclic) bond motifs is 1. The molecule has 1 atom stereocenters. The largest absolute Gasteiger partial charge is 0.573 e. The Morgan fingerprint density at radius 3 is 2.56 bits per heavy atom. The van der Waals surface area contributed by atoms with Gasteiger partial charge in [-0.05, 0) is 79.4 Å². The quantitative estimate of drug-likeness (QED) is 0.118. The molecule has 0 saturated carbocycles. The van der Waals surface area contributed by atoms with Gasteiger partial charge >= 0.3 is 6.36 Å². The number of carbonyl (C=O) groups excluding carboxylic acids is 1. The number of nitrogens with zero attached hydrogens (tertiary/aromatic N) is 1. The first-order chi connectivity index (χ1) is 23.1.